The maximum atomic E-state index is 12.4. The molecule has 6 nitrogen and oxygen atoms in total. The van der Waals surface area contributed by atoms with Gasteiger partial charge < -0.3 is 14.6 Å². The molecule has 3 rings (SSSR count). The standard InChI is InChI=1S/C19H22N4O2S2/c1-13-6-7-15(14(2)9-13)11-23(3)17(24)12-26-19-22-21-18(27-19)20-10-16-5-4-8-25-16/h4-9H,10-12H2,1-3H3,(H,20,21). The Kier molecular flexibility index (Phi) is 6.52. The highest BCUT2D eigenvalue weighted by Crippen LogP contribution is 2.26. The summed E-state index contributed by atoms with van der Waals surface area (Å²) in [5.74, 6) is 1.25. The van der Waals surface area contributed by atoms with Crippen molar-refractivity contribution in [2.75, 3.05) is 18.1 Å². The largest absolute Gasteiger partial charge is 0.467 e. The zero-order valence-corrected chi connectivity index (χ0v) is 17.2. The average Bonchev–Trinajstić information content (AvgIpc) is 3.31. The molecule has 2 aromatic heterocycles. The highest BCUT2D eigenvalue weighted by atomic mass is 32.2. The van der Waals surface area contributed by atoms with Crippen LogP contribution in [0.15, 0.2) is 45.4 Å². The number of thioether (sulfide) groups is 1. The summed E-state index contributed by atoms with van der Waals surface area (Å²) in [5.41, 5.74) is 3.61. The van der Waals surface area contributed by atoms with Crippen molar-refractivity contribution in [3.63, 3.8) is 0 Å². The zero-order chi connectivity index (χ0) is 19.2. The number of hydrogen-bond donors (Lipinski definition) is 1. The third-order valence-electron chi connectivity index (χ3n) is 4.05. The summed E-state index contributed by atoms with van der Waals surface area (Å²) < 4.78 is 6.04. The fourth-order valence-electron chi connectivity index (χ4n) is 2.52. The number of nitrogens with zero attached hydrogens (tertiary/aromatic N) is 3. The van der Waals surface area contributed by atoms with E-state index in [4.69, 9.17) is 4.42 Å². The Morgan fingerprint density at radius 1 is 1.30 bits per heavy atom. The molecule has 1 amide bonds. The molecule has 0 saturated carbocycles. The summed E-state index contributed by atoms with van der Waals surface area (Å²) in [6.07, 6.45) is 1.64. The Hall–Kier alpha value is -2.32. The number of amides is 1. The molecule has 0 radical (unpaired) electrons. The lowest BCUT2D eigenvalue weighted by molar-refractivity contribution is -0.127. The molecule has 1 N–H and O–H groups in total. The number of carbonyl (C=O) groups excluding carboxylic acids is 1. The van der Waals surface area contributed by atoms with E-state index in [-0.39, 0.29) is 5.91 Å². The van der Waals surface area contributed by atoms with Crippen LogP contribution < -0.4 is 5.32 Å². The van der Waals surface area contributed by atoms with E-state index in [1.165, 1.54) is 39.8 Å². The minimum Gasteiger partial charge on any atom is -0.467 e. The highest BCUT2D eigenvalue weighted by Gasteiger charge is 2.13. The first-order chi connectivity index (χ1) is 13.0. The molecule has 0 fully saturated rings. The molecule has 3 aromatic rings. The predicted octanol–water partition coefficient (Wildman–Crippen LogP) is 4.11. The molecule has 27 heavy (non-hydrogen) atoms. The highest BCUT2D eigenvalue weighted by molar-refractivity contribution is 8.01. The van der Waals surface area contributed by atoms with Crippen molar-refractivity contribution in [2.45, 2.75) is 31.3 Å². The quantitative estimate of drug-likeness (QED) is 0.572. The van der Waals surface area contributed by atoms with Gasteiger partial charge in [0.05, 0.1) is 18.6 Å². The molecule has 142 valence electrons. The molecule has 8 heteroatoms. The summed E-state index contributed by atoms with van der Waals surface area (Å²) >= 11 is 2.84. The van der Waals surface area contributed by atoms with Crippen LogP contribution in [0.2, 0.25) is 0 Å². The van der Waals surface area contributed by atoms with Crippen LogP contribution in [0.25, 0.3) is 0 Å². The van der Waals surface area contributed by atoms with Crippen LogP contribution in [0.1, 0.15) is 22.5 Å². The molecular weight excluding hydrogens is 380 g/mol. The van der Waals surface area contributed by atoms with Gasteiger partial charge in [0.2, 0.25) is 11.0 Å². The SMILES string of the molecule is Cc1ccc(CN(C)C(=O)CSc2nnc(NCc3ccco3)s2)c(C)c1. The molecule has 0 spiro atoms. The first kappa shape index (κ1) is 19.4. The number of carbonyl (C=O) groups is 1. The van der Waals surface area contributed by atoms with Crippen LogP contribution in [0.4, 0.5) is 5.13 Å². The van der Waals surface area contributed by atoms with E-state index in [9.17, 15) is 4.79 Å². The molecule has 2 heterocycles. The molecule has 0 aliphatic heterocycles. The van der Waals surface area contributed by atoms with Gasteiger partial charge in [0, 0.05) is 13.6 Å². The maximum absolute atomic E-state index is 12.4. The molecule has 1 aromatic carbocycles. The van der Waals surface area contributed by atoms with Gasteiger partial charge in [0.15, 0.2) is 4.34 Å². The number of nitrogens with one attached hydrogen (secondary N) is 1. The third-order valence-corrected chi connectivity index (χ3v) is 6.05. The second-order valence-electron chi connectivity index (χ2n) is 6.27. The second-order valence-corrected chi connectivity index (χ2v) is 8.47. The Bertz CT molecular complexity index is 893. The van der Waals surface area contributed by atoms with Gasteiger partial charge >= 0.3 is 0 Å². The van der Waals surface area contributed by atoms with E-state index in [1.54, 1.807) is 11.2 Å². The van der Waals surface area contributed by atoms with E-state index in [0.29, 0.717) is 24.0 Å². The molecule has 0 aliphatic rings. The molecule has 0 unspecified atom stereocenters. The number of hydrogen-bond acceptors (Lipinski definition) is 7. The third kappa shape index (κ3) is 5.58. The first-order valence-electron chi connectivity index (χ1n) is 8.54. The van der Waals surface area contributed by atoms with Crippen molar-refractivity contribution in [1.29, 1.82) is 0 Å². The molecule has 0 atom stereocenters. The normalized spacial score (nSPS) is 10.8. The van der Waals surface area contributed by atoms with Crippen molar-refractivity contribution in [3.05, 3.63) is 59.0 Å². The summed E-state index contributed by atoms with van der Waals surface area (Å²) in [7, 11) is 1.83. The smallest absolute Gasteiger partial charge is 0.233 e. The lowest BCUT2D eigenvalue weighted by Gasteiger charge is -2.18. The van der Waals surface area contributed by atoms with E-state index < -0.39 is 0 Å². The van der Waals surface area contributed by atoms with Crippen LogP contribution in [0, 0.1) is 13.8 Å². The lowest BCUT2D eigenvalue weighted by atomic mass is 10.1. The number of aryl methyl sites for hydroxylation is 2. The van der Waals surface area contributed by atoms with Crippen LogP contribution in [-0.4, -0.2) is 33.8 Å². The van der Waals surface area contributed by atoms with Crippen molar-refractivity contribution < 1.29 is 9.21 Å². The summed E-state index contributed by atoms with van der Waals surface area (Å²) in [6, 6.07) is 10.0. The number of anilines is 1. The average molecular weight is 403 g/mol. The second kappa shape index (κ2) is 9.05. The van der Waals surface area contributed by atoms with E-state index >= 15 is 0 Å². The van der Waals surface area contributed by atoms with Gasteiger partial charge in [-0.1, -0.05) is 46.9 Å². The number of rotatable bonds is 8. The summed E-state index contributed by atoms with van der Waals surface area (Å²) in [5, 5.41) is 12.1. The van der Waals surface area contributed by atoms with Gasteiger partial charge in [0.1, 0.15) is 5.76 Å². The number of aromatic nitrogens is 2. The minimum absolute atomic E-state index is 0.0697. The van der Waals surface area contributed by atoms with Crippen molar-refractivity contribution >= 4 is 34.1 Å². The minimum atomic E-state index is 0.0697. The van der Waals surface area contributed by atoms with Gasteiger partial charge in [-0.25, -0.2) is 0 Å². The van der Waals surface area contributed by atoms with Gasteiger partial charge in [0.25, 0.3) is 0 Å². The van der Waals surface area contributed by atoms with Crippen molar-refractivity contribution in [1.82, 2.24) is 15.1 Å². The fraction of sp³-hybridized carbons (Fsp3) is 0.316. The summed E-state index contributed by atoms with van der Waals surface area (Å²) in [4.78, 5) is 14.2. The zero-order valence-electron chi connectivity index (χ0n) is 15.6. The lowest BCUT2D eigenvalue weighted by Crippen LogP contribution is -2.28. The van der Waals surface area contributed by atoms with E-state index in [1.807, 2.05) is 19.2 Å². The number of furan rings is 1. The van der Waals surface area contributed by atoms with Gasteiger partial charge in [-0.3, -0.25) is 4.79 Å². The van der Waals surface area contributed by atoms with Crippen LogP contribution in [0.3, 0.4) is 0 Å². The van der Waals surface area contributed by atoms with Gasteiger partial charge in [-0.2, -0.15) is 0 Å². The van der Waals surface area contributed by atoms with Crippen LogP contribution >= 0.6 is 23.1 Å². The topological polar surface area (TPSA) is 71.3 Å². The van der Waals surface area contributed by atoms with E-state index in [2.05, 4.69) is 47.6 Å². The van der Waals surface area contributed by atoms with Crippen molar-refractivity contribution in [2.24, 2.45) is 0 Å². The predicted molar refractivity (Wildman–Crippen MR) is 109 cm³/mol. The molecule has 0 saturated heterocycles. The van der Waals surface area contributed by atoms with Crippen LogP contribution in [-0.2, 0) is 17.9 Å². The monoisotopic (exact) mass is 402 g/mol. The molecule has 0 bridgehead atoms. The number of benzene rings is 1. The van der Waals surface area contributed by atoms with Crippen LogP contribution in [0.5, 0.6) is 0 Å². The van der Waals surface area contributed by atoms with Gasteiger partial charge in [-0.15, -0.1) is 10.2 Å². The van der Waals surface area contributed by atoms with Gasteiger partial charge in [-0.05, 0) is 37.1 Å². The molecule has 0 aliphatic carbocycles. The fourth-order valence-corrected chi connectivity index (χ4v) is 4.20. The first-order valence-corrected chi connectivity index (χ1v) is 10.3. The Labute approximate surface area is 167 Å². The maximum Gasteiger partial charge on any atom is 0.233 e. The van der Waals surface area contributed by atoms with Crippen molar-refractivity contribution in [3.8, 4) is 0 Å². The molecular formula is C19H22N4O2S2. The Morgan fingerprint density at radius 2 is 2.15 bits per heavy atom. The van der Waals surface area contributed by atoms with E-state index in [0.717, 1.165) is 10.1 Å². The Morgan fingerprint density at radius 3 is 2.89 bits per heavy atom. The summed E-state index contributed by atoms with van der Waals surface area (Å²) in [6.45, 7) is 5.32. The Balaban J connectivity index is 1.47.